The number of nitrogens with zero attached hydrogens (tertiary/aromatic N) is 2. The molecular weight excluding hydrogens is 810 g/mol. The maximum absolute atomic E-state index is 9.00. The average molecular weight is 856 g/mol. The Morgan fingerprint density at radius 1 is 0.436 bits per heavy atom. The number of aliphatic carboxylic acids is 2. The van der Waals surface area contributed by atoms with Crippen LogP contribution in [0, 0.1) is 0 Å². The summed E-state index contributed by atoms with van der Waals surface area (Å²) in [6, 6.07) is 66.7. The summed E-state index contributed by atoms with van der Waals surface area (Å²) in [7, 11) is -1.75. The van der Waals surface area contributed by atoms with Crippen LogP contribution in [0.15, 0.2) is 200 Å². The third-order valence-electron chi connectivity index (χ3n) is 7.15. The molecule has 0 amide bonds. The Bertz CT molecular complexity index is 1690. The van der Waals surface area contributed by atoms with Gasteiger partial charge >= 0.3 is 19.5 Å². The van der Waals surface area contributed by atoms with Gasteiger partial charge in [0.25, 0.3) is 11.9 Å². The van der Waals surface area contributed by atoms with Crippen molar-refractivity contribution in [3.05, 3.63) is 212 Å². The van der Waals surface area contributed by atoms with Crippen molar-refractivity contribution in [1.29, 1.82) is 0 Å². The second kappa shape index (κ2) is 27.4. The summed E-state index contributed by atoms with van der Waals surface area (Å²) in [6.07, 6.45) is 3.27. The molecule has 7 rings (SSSR count). The summed E-state index contributed by atoms with van der Waals surface area (Å²) in [5, 5.41) is 23.4. The molecule has 0 spiro atoms. The number of carbonyl (C=O) groups is 2. The first-order valence-corrected chi connectivity index (χ1v) is 20.2. The maximum Gasteiger partial charge on any atom is 1.00 e. The summed E-state index contributed by atoms with van der Waals surface area (Å²) in [4.78, 5) is 25.6. The molecule has 6 aromatic carbocycles. The van der Waals surface area contributed by atoms with Crippen LogP contribution in [-0.2, 0) is 35.6 Å². The Kier molecular flexibility index (Phi) is 22.9. The third-order valence-corrected chi connectivity index (χ3v) is 12.6. The van der Waals surface area contributed by atoms with E-state index in [4.69, 9.17) is 25.5 Å². The molecule has 0 saturated heterocycles. The van der Waals surface area contributed by atoms with Crippen molar-refractivity contribution in [2.24, 2.45) is 0 Å². The van der Waals surface area contributed by atoms with Gasteiger partial charge in [-0.2, -0.15) is 0 Å². The number of aromatic nitrogens is 2. The quantitative estimate of drug-likeness (QED) is 0.126. The van der Waals surface area contributed by atoms with Crippen molar-refractivity contribution in [3.63, 3.8) is 0 Å². The Morgan fingerprint density at radius 3 is 0.764 bits per heavy atom. The van der Waals surface area contributed by atoms with Crippen LogP contribution in [0.25, 0.3) is 5.73 Å². The van der Waals surface area contributed by atoms with Gasteiger partial charge < -0.3 is 15.9 Å². The molecule has 0 unspecified atom stereocenters. The molecule has 0 aliphatic heterocycles. The van der Waals surface area contributed by atoms with Crippen molar-refractivity contribution in [1.82, 2.24) is 9.97 Å². The summed E-state index contributed by atoms with van der Waals surface area (Å²) >= 11 is 0. The van der Waals surface area contributed by atoms with Gasteiger partial charge in [-0.1, -0.05) is 116 Å². The van der Waals surface area contributed by atoms with Crippen LogP contribution in [0.4, 0.5) is 0 Å². The van der Waals surface area contributed by atoms with Gasteiger partial charge in [-0.3, -0.25) is 9.59 Å². The fraction of sp³-hybridized carbons (Fsp3) is 0.0667. The number of hydrogen-bond acceptors (Lipinski definition) is 4. The monoisotopic (exact) mass is 856 g/mol. The van der Waals surface area contributed by atoms with Crippen molar-refractivity contribution < 1.29 is 39.3 Å². The van der Waals surface area contributed by atoms with E-state index in [1.54, 1.807) is 18.5 Å². The molecule has 1 radical (unpaired) electrons. The zero-order valence-electron chi connectivity index (χ0n) is 30.7. The second-order valence-electron chi connectivity index (χ2n) is 11.3. The fourth-order valence-corrected chi connectivity index (χ4v) is 10.2. The van der Waals surface area contributed by atoms with Crippen LogP contribution < -0.4 is 31.8 Å². The molecule has 0 fully saturated rings. The van der Waals surface area contributed by atoms with E-state index in [0.29, 0.717) is 5.82 Å². The molecule has 7 nitrogen and oxygen atoms in total. The number of nitrogens with one attached hydrogen (secondary N) is 1. The molecule has 10 heteroatoms. The van der Waals surface area contributed by atoms with Crippen molar-refractivity contribution in [2.45, 2.75) is 20.4 Å². The predicted octanol–water partition coefficient (Wildman–Crippen LogP) is 7.56. The Labute approximate surface area is 339 Å². The molecule has 7 aromatic rings. The Balaban J connectivity index is 0.000000272. The zero-order valence-corrected chi connectivity index (χ0v) is 34.5. The molecule has 0 saturated carbocycles. The topological polar surface area (TPSA) is 124 Å². The van der Waals surface area contributed by atoms with Gasteiger partial charge in [-0.15, -0.1) is 0 Å². The first kappa shape index (κ1) is 45.9. The third kappa shape index (κ3) is 18.1. The van der Waals surface area contributed by atoms with Crippen molar-refractivity contribution >= 4 is 59.6 Å². The molecule has 1 heterocycles. The first-order chi connectivity index (χ1) is 26.3. The summed E-state index contributed by atoms with van der Waals surface area (Å²) in [6.45, 7) is 2.33. The molecule has 0 aliphatic rings. The number of benzene rings is 6. The standard InChI is InChI=1S/2C18H15P.C5H6N3.2C2H4O2.Ru/c2*1-4-10-16(11-5-1)19(17-12-6-2-7-13-17)18-14-8-3-9-15-18;6-4-5-7-2-1-3-8-5;2*1-2(3)4;/h2*1-15H;1-3,6H,4H2;2*1H3,(H,3,4);/q;;-1;;;+1/p+2. The van der Waals surface area contributed by atoms with Crippen LogP contribution >= 0.6 is 15.8 Å². The average Bonchev–Trinajstić information content (AvgIpc) is 3.21. The minimum atomic E-state index is -0.877. The van der Waals surface area contributed by atoms with E-state index in [2.05, 4.69) is 192 Å². The molecule has 0 aliphatic carbocycles. The van der Waals surface area contributed by atoms with Crippen LogP contribution in [0.3, 0.4) is 0 Å². The molecule has 281 valence electrons. The maximum atomic E-state index is 9.00. The van der Waals surface area contributed by atoms with Crippen molar-refractivity contribution in [3.8, 4) is 0 Å². The molecule has 55 heavy (non-hydrogen) atoms. The van der Waals surface area contributed by atoms with Crippen LogP contribution in [0.5, 0.6) is 0 Å². The van der Waals surface area contributed by atoms with Crippen LogP contribution in [0.1, 0.15) is 19.7 Å². The summed E-state index contributed by atoms with van der Waals surface area (Å²) in [5.41, 5.74) is 6.82. The van der Waals surface area contributed by atoms with Gasteiger partial charge in [-0.25, -0.2) is 9.97 Å². The summed E-state index contributed by atoms with van der Waals surface area (Å²) in [5.74, 6) is -1.09. The molecule has 3 N–H and O–H groups in total. The van der Waals surface area contributed by atoms with Gasteiger partial charge in [-0.05, 0) is 78.9 Å². The molecule has 1 aromatic heterocycles. The normalized spacial score (nSPS) is 9.55. The van der Waals surface area contributed by atoms with Crippen LogP contribution in [-0.4, -0.2) is 32.1 Å². The Hall–Kier alpha value is -5.22. The smallest absolute Gasteiger partial charge is 0.671 e. The van der Waals surface area contributed by atoms with Gasteiger partial charge in [0.15, 0.2) is 0 Å². The predicted molar refractivity (Wildman–Crippen MR) is 230 cm³/mol. The number of hydrogen-bond donors (Lipinski definition) is 2. The van der Waals surface area contributed by atoms with Gasteiger partial charge in [0.2, 0.25) is 0 Å². The Morgan fingerprint density at radius 2 is 0.618 bits per heavy atom. The molecule has 0 atom stereocenters. The second-order valence-corrected chi connectivity index (χ2v) is 16.3. The molecule has 0 bridgehead atoms. The summed E-state index contributed by atoms with van der Waals surface area (Å²) < 4.78 is 0. The van der Waals surface area contributed by atoms with Crippen LogP contribution in [0.2, 0.25) is 0 Å². The largest absolute Gasteiger partial charge is 1.00 e. The van der Waals surface area contributed by atoms with Gasteiger partial charge in [0.1, 0.15) is 37.7 Å². The van der Waals surface area contributed by atoms with Gasteiger partial charge in [0, 0.05) is 26.2 Å². The van der Waals surface area contributed by atoms with E-state index in [9.17, 15) is 0 Å². The van der Waals surface area contributed by atoms with E-state index in [-0.39, 0.29) is 26.0 Å². The van der Waals surface area contributed by atoms with E-state index in [0.717, 1.165) is 13.8 Å². The minimum Gasteiger partial charge on any atom is -0.671 e. The van der Waals surface area contributed by atoms with E-state index < -0.39 is 27.8 Å². The van der Waals surface area contributed by atoms with E-state index >= 15 is 0 Å². The number of carboxylic acids is 2. The van der Waals surface area contributed by atoms with E-state index in [1.165, 1.54) is 31.8 Å². The first-order valence-electron chi connectivity index (χ1n) is 17.2. The van der Waals surface area contributed by atoms with Gasteiger partial charge in [0.05, 0.1) is 15.8 Å². The van der Waals surface area contributed by atoms with Crippen molar-refractivity contribution in [2.75, 3.05) is 0 Å². The number of carboxylic acid groups (broad SMARTS) is 2. The fourth-order valence-electron chi connectivity index (χ4n) is 5.05. The molecular formula is C45H46N3O4P2Ru+2. The SMILES string of the molecule is CC(=O)O.CC(=O)O.[NH-]Cc1ncccn1.[Ru+].c1ccc([PH+](c2ccccc2)c2ccccc2)cc1.c1ccc([PH+](c2ccccc2)c2ccccc2)cc1. The number of rotatable bonds is 7. The van der Waals surface area contributed by atoms with E-state index in [1.807, 2.05) is 0 Å². The zero-order chi connectivity index (χ0) is 38.8. The minimum absolute atomic E-state index is 0.